The van der Waals surface area contributed by atoms with Crippen LogP contribution < -0.4 is 0 Å². The molecule has 1 saturated heterocycles. The predicted molar refractivity (Wildman–Crippen MR) is 45.5 cm³/mol. The smallest absolute Gasteiger partial charge is 0.309 e. The van der Waals surface area contributed by atoms with Gasteiger partial charge in [0.2, 0.25) is 0 Å². The lowest BCUT2D eigenvalue weighted by atomic mass is 9.93. The van der Waals surface area contributed by atoms with Crippen LogP contribution in [0.2, 0.25) is 0 Å². The van der Waals surface area contributed by atoms with E-state index in [4.69, 9.17) is 4.74 Å². The summed E-state index contributed by atoms with van der Waals surface area (Å²) in [4.78, 5) is 11.4. The normalized spacial score (nSPS) is 35.7. The highest BCUT2D eigenvalue weighted by molar-refractivity contribution is 5.74. The molecule has 0 bridgehead atoms. The molecule has 1 heterocycles. The van der Waals surface area contributed by atoms with Gasteiger partial charge in [0.25, 0.3) is 0 Å². The Morgan fingerprint density at radius 2 is 2.25 bits per heavy atom. The number of esters is 1. The van der Waals surface area contributed by atoms with Crippen molar-refractivity contribution in [3.8, 4) is 0 Å². The fourth-order valence-electron chi connectivity index (χ4n) is 2.28. The topological polar surface area (TPSA) is 26.3 Å². The molecule has 12 heavy (non-hydrogen) atoms. The minimum atomic E-state index is 0.0103. The van der Waals surface area contributed by atoms with Crippen LogP contribution in [-0.4, -0.2) is 12.6 Å². The highest BCUT2D eigenvalue weighted by atomic mass is 16.5. The third kappa shape index (κ3) is 1.26. The quantitative estimate of drug-likeness (QED) is 0.406. The maximum atomic E-state index is 11.4. The molecule has 0 amide bonds. The summed E-state index contributed by atoms with van der Waals surface area (Å²) in [6.45, 7) is 4.56. The lowest BCUT2D eigenvalue weighted by molar-refractivity contribution is -0.147. The molecule has 0 aromatic heterocycles. The Bertz CT molecular complexity index is 220. The second-order valence-corrected chi connectivity index (χ2v) is 3.83. The summed E-state index contributed by atoms with van der Waals surface area (Å²) in [6, 6.07) is 0. The van der Waals surface area contributed by atoms with E-state index in [0.717, 1.165) is 25.7 Å². The first-order valence-corrected chi connectivity index (χ1v) is 4.60. The molecule has 0 radical (unpaired) electrons. The first kappa shape index (κ1) is 7.84. The molecule has 2 fully saturated rings. The fraction of sp³-hybridized carbons (Fsp3) is 0.700. The van der Waals surface area contributed by atoms with Crippen LogP contribution in [0.5, 0.6) is 0 Å². The molecule has 1 saturated carbocycles. The van der Waals surface area contributed by atoms with Crippen LogP contribution in [0.15, 0.2) is 12.2 Å². The van der Waals surface area contributed by atoms with Crippen LogP contribution in [0, 0.1) is 11.8 Å². The average Bonchev–Trinajstić information content (AvgIpc) is 2.33. The Morgan fingerprint density at radius 1 is 1.42 bits per heavy atom. The van der Waals surface area contributed by atoms with Gasteiger partial charge in [-0.05, 0) is 31.6 Å². The Balaban J connectivity index is 2.14. The highest BCUT2D eigenvalue weighted by Crippen LogP contribution is 2.39. The summed E-state index contributed by atoms with van der Waals surface area (Å²) in [6.07, 6.45) is 4.07. The van der Waals surface area contributed by atoms with Gasteiger partial charge in [-0.15, -0.1) is 0 Å². The molecule has 0 spiro atoms. The Hall–Kier alpha value is -0.790. The highest BCUT2D eigenvalue weighted by Gasteiger charge is 2.37. The summed E-state index contributed by atoms with van der Waals surface area (Å²) in [5, 5.41) is 0. The molecular weight excluding hydrogens is 152 g/mol. The first-order chi connectivity index (χ1) is 5.77. The molecule has 1 aliphatic carbocycles. The van der Waals surface area contributed by atoms with Gasteiger partial charge in [-0.25, -0.2) is 0 Å². The van der Waals surface area contributed by atoms with Gasteiger partial charge in [0, 0.05) is 0 Å². The van der Waals surface area contributed by atoms with E-state index in [0.29, 0.717) is 12.5 Å². The van der Waals surface area contributed by atoms with E-state index in [-0.39, 0.29) is 11.9 Å². The molecule has 2 atom stereocenters. The summed E-state index contributed by atoms with van der Waals surface area (Å²) >= 11 is 0. The number of hydrogen-bond donors (Lipinski definition) is 0. The van der Waals surface area contributed by atoms with Gasteiger partial charge >= 0.3 is 5.97 Å². The van der Waals surface area contributed by atoms with Gasteiger partial charge in [-0.1, -0.05) is 12.2 Å². The second-order valence-electron chi connectivity index (χ2n) is 3.83. The first-order valence-electron chi connectivity index (χ1n) is 4.60. The van der Waals surface area contributed by atoms with Crippen LogP contribution >= 0.6 is 0 Å². The van der Waals surface area contributed by atoms with Crippen molar-refractivity contribution in [2.24, 2.45) is 11.8 Å². The lowest BCUT2D eigenvalue weighted by Crippen LogP contribution is -2.17. The molecule has 2 nitrogen and oxygen atoms in total. The van der Waals surface area contributed by atoms with Crippen molar-refractivity contribution < 1.29 is 9.53 Å². The van der Waals surface area contributed by atoms with Crippen LogP contribution in [0.25, 0.3) is 0 Å². The van der Waals surface area contributed by atoms with E-state index in [1.165, 1.54) is 5.57 Å². The zero-order chi connectivity index (χ0) is 8.55. The summed E-state index contributed by atoms with van der Waals surface area (Å²) in [7, 11) is 0. The van der Waals surface area contributed by atoms with Crippen LogP contribution in [0.3, 0.4) is 0 Å². The van der Waals surface area contributed by atoms with Crippen molar-refractivity contribution in [2.45, 2.75) is 25.7 Å². The van der Waals surface area contributed by atoms with E-state index < -0.39 is 0 Å². The van der Waals surface area contributed by atoms with E-state index in [2.05, 4.69) is 6.58 Å². The largest absolute Gasteiger partial charge is 0.465 e. The monoisotopic (exact) mass is 166 g/mol. The van der Waals surface area contributed by atoms with Crippen molar-refractivity contribution in [2.75, 3.05) is 6.61 Å². The molecule has 0 aromatic carbocycles. The number of ether oxygens (including phenoxy) is 1. The number of hydrogen-bond acceptors (Lipinski definition) is 2. The van der Waals surface area contributed by atoms with Crippen LogP contribution in [0.4, 0.5) is 0 Å². The summed E-state index contributed by atoms with van der Waals surface area (Å²) in [5.41, 5.74) is 1.23. The molecule has 0 N–H and O–H groups in total. The molecule has 2 rings (SSSR count). The number of cyclic esters (lactones) is 1. The predicted octanol–water partition coefficient (Wildman–Crippen LogP) is 1.91. The van der Waals surface area contributed by atoms with E-state index in [1.54, 1.807) is 0 Å². The van der Waals surface area contributed by atoms with E-state index in [9.17, 15) is 4.79 Å². The zero-order valence-corrected chi connectivity index (χ0v) is 7.21. The van der Waals surface area contributed by atoms with Crippen molar-refractivity contribution in [3.05, 3.63) is 12.2 Å². The van der Waals surface area contributed by atoms with Gasteiger partial charge < -0.3 is 4.74 Å². The number of rotatable bonds is 0. The summed E-state index contributed by atoms with van der Waals surface area (Å²) < 4.78 is 5.09. The lowest BCUT2D eigenvalue weighted by Gasteiger charge is -2.11. The molecule has 2 heteroatoms. The average molecular weight is 166 g/mol. The third-order valence-corrected chi connectivity index (χ3v) is 2.89. The van der Waals surface area contributed by atoms with E-state index >= 15 is 0 Å². The molecule has 2 aliphatic rings. The van der Waals surface area contributed by atoms with Crippen molar-refractivity contribution >= 4 is 5.97 Å². The van der Waals surface area contributed by atoms with Crippen molar-refractivity contribution in [1.82, 2.24) is 0 Å². The molecule has 2 unspecified atom stereocenters. The van der Waals surface area contributed by atoms with Crippen LogP contribution in [0.1, 0.15) is 25.7 Å². The number of carbonyl (C=O) groups excluding carboxylic acids is 1. The van der Waals surface area contributed by atoms with Crippen molar-refractivity contribution in [3.63, 3.8) is 0 Å². The maximum Gasteiger partial charge on any atom is 0.309 e. The minimum Gasteiger partial charge on any atom is -0.465 e. The Kier molecular flexibility index (Phi) is 1.91. The third-order valence-electron chi connectivity index (χ3n) is 2.89. The van der Waals surface area contributed by atoms with Gasteiger partial charge in [0.1, 0.15) is 0 Å². The standard InChI is InChI=1S/C10H14O2/c1-7-5-8-3-2-4-12-10(11)9(8)6-7/h8-9H,1-6H2. The number of carbonyl (C=O) groups is 1. The SMILES string of the molecule is C=C1CC2CCCOC(=O)C2C1. The van der Waals surface area contributed by atoms with Gasteiger partial charge in [0.15, 0.2) is 0 Å². The Labute approximate surface area is 72.6 Å². The minimum absolute atomic E-state index is 0.0103. The molecular formula is C10H14O2. The molecule has 66 valence electrons. The number of fused-ring (bicyclic) bond motifs is 1. The van der Waals surface area contributed by atoms with Crippen molar-refractivity contribution in [1.29, 1.82) is 0 Å². The van der Waals surface area contributed by atoms with Gasteiger partial charge in [0.05, 0.1) is 12.5 Å². The fourth-order valence-corrected chi connectivity index (χ4v) is 2.28. The zero-order valence-electron chi connectivity index (χ0n) is 7.21. The van der Waals surface area contributed by atoms with E-state index in [1.807, 2.05) is 0 Å². The van der Waals surface area contributed by atoms with Gasteiger partial charge in [-0.3, -0.25) is 4.79 Å². The molecule has 1 aliphatic heterocycles. The summed E-state index contributed by atoms with van der Waals surface area (Å²) in [5.74, 6) is 0.684. The number of allylic oxidation sites excluding steroid dienone is 1. The second kappa shape index (κ2) is 2.92. The van der Waals surface area contributed by atoms with Gasteiger partial charge in [-0.2, -0.15) is 0 Å². The maximum absolute atomic E-state index is 11.4. The molecule has 0 aromatic rings. The van der Waals surface area contributed by atoms with Crippen LogP contribution in [-0.2, 0) is 9.53 Å². The Morgan fingerprint density at radius 3 is 3.08 bits per heavy atom.